The number of allylic oxidation sites excluding steroid dienone is 1. The summed E-state index contributed by atoms with van der Waals surface area (Å²) in [6, 6.07) is 1.47. The smallest absolute Gasteiger partial charge is 0.337 e. The van der Waals surface area contributed by atoms with Gasteiger partial charge in [0.1, 0.15) is 5.82 Å². The third-order valence-electron chi connectivity index (χ3n) is 3.22. The summed E-state index contributed by atoms with van der Waals surface area (Å²) in [7, 11) is 0. The molecule has 0 unspecified atom stereocenters. The number of halogens is 1. The van der Waals surface area contributed by atoms with Crippen molar-refractivity contribution in [2.24, 2.45) is 0 Å². The Hall–Kier alpha value is -1.55. The van der Waals surface area contributed by atoms with E-state index in [4.69, 9.17) is 16.7 Å². The molecule has 5 heteroatoms. The number of carbonyl (C=O) groups is 1. The average Bonchev–Trinajstić information content (AvgIpc) is 2.41. The maximum Gasteiger partial charge on any atom is 0.337 e. The molecule has 0 spiro atoms. The molecule has 102 valence electrons. The molecule has 4 nitrogen and oxygen atoms in total. The van der Waals surface area contributed by atoms with E-state index in [0.717, 1.165) is 13.0 Å². The number of nitrogens with zero attached hydrogens (tertiary/aromatic N) is 1. The Balaban J connectivity index is 1.90. The molecule has 0 aliphatic heterocycles. The molecule has 0 saturated carbocycles. The van der Waals surface area contributed by atoms with Gasteiger partial charge in [-0.1, -0.05) is 23.3 Å². The molecule has 19 heavy (non-hydrogen) atoms. The molecule has 0 atom stereocenters. The predicted molar refractivity (Wildman–Crippen MR) is 75.9 cm³/mol. The molecule has 0 amide bonds. The molecule has 0 saturated heterocycles. The Kier molecular flexibility index (Phi) is 4.80. The number of carboxylic acids is 1. The lowest BCUT2D eigenvalue weighted by molar-refractivity contribution is 0.0697. The first-order valence-corrected chi connectivity index (χ1v) is 6.85. The molecule has 1 aromatic rings. The van der Waals surface area contributed by atoms with E-state index in [1.165, 1.54) is 43.5 Å². The van der Waals surface area contributed by atoms with Crippen molar-refractivity contribution in [1.29, 1.82) is 0 Å². The molecular formula is C14H17ClN2O2. The van der Waals surface area contributed by atoms with Crippen molar-refractivity contribution in [1.82, 2.24) is 4.98 Å². The van der Waals surface area contributed by atoms with Crippen LogP contribution >= 0.6 is 11.6 Å². The lowest BCUT2D eigenvalue weighted by Crippen LogP contribution is -2.07. The Morgan fingerprint density at radius 1 is 1.47 bits per heavy atom. The van der Waals surface area contributed by atoms with Gasteiger partial charge in [-0.05, 0) is 38.2 Å². The summed E-state index contributed by atoms with van der Waals surface area (Å²) in [4.78, 5) is 15.0. The van der Waals surface area contributed by atoms with Crippen LogP contribution in [0.25, 0.3) is 0 Å². The Bertz CT molecular complexity index is 500. The van der Waals surface area contributed by atoms with Gasteiger partial charge in [-0.25, -0.2) is 9.78 Å². The first kappa shape index (κ1) is 13.9. The fraction of sp³-hybridized carbons (Fsp3) is 0.429. The van der Waals surface area contributed by atoms with Crippen LogP contribution in [0.2, 0.25) is 5.02 Å². The largest absolute Gasteiger partial charge is 0.478 e. The Morgan fingerprint density at radius 3 is 3.00 bits per heavy atom. The summed E-state index contributed by atoms with van der Waals surface area (Å²) >= 11 is 5.77. The fourth-order valence-electron chi connectivity index (χ4n) is 2.18. The number of pyridine rings is 1. The minimum absolute atomic E-state index is 0.0797. The van der Waals surface area contributed by atoms with Crippen LogP contribution in [0, 0.1) is 0 Å². The van der Waals surface area contributed by atoms with Gasteiger partial charge in [-0.3, -0.25) is 0 Å². The lowest BCUT2D eigenvalue weighted by Gasteiger charge is -2.13. The van der Waals surface area contributed by atoms with Gasteiger partial charge < -0.3 is 10.4 Å². The zero-order chi connectivity index (χ0) is 13.7. The molecule has 0 fully saturated rings. The number of aromatic nitrogens is 1. The monoisotopic (exact) mass is 280 g/mol. The molecule has 2 rings (SSSR count). The minimum atomic E-state index is -1.04. The minimum Gasteiger partial charge on any atom is -0.478 e. The topological polar surface area (TPSA) is 62.2 Å². The normalized spacial score (nSPS) is 14.9. The van der Waals surface area contributed by atoms with Gasteiger partial charge in [0.05, 0.1) is 10.6 Å². The molecule has 1 aliphatic carbocycles. The highest BCUT2D eigenvalue weighted by molar-refractivity contribution is 6.33. The third kappa shape index (κ3) is 3.96. The number of aromatic carboxylic acids is 1. The van der Waals surface area contributed by atoms with E-state index in [0.29, 0.717) is 5.82 Å². The molecule has 0 radical (unpaired) electrons. The standard InChI is InChI=1S/C14H17ClN2O2/c15-12-9-17-13(8-11(12)14(18)19)16-7-6-10-4-2-1-3-5-10/h4,8-9H,1-3,5-7H2,(H,16,17)(H,18,19). The number of hydrogen-bond acceptors (Lipinski definition) is 3. The Labute approximate surface area is 117 Å². The van der Waals surface area contributed by atoms with Crippen LogP contribution in [-0.4, -0.2) is 22.6 Å². The van der Waals surface area contributed by atoms with Gasteiger partial charge in [0.25, 0.3) is 0 Å². The Morgan fingerprint density at radius 2 is 2.32 bits per heavy atom. The number of anilines is 1. The summed E-state index contributed by atoms with van der Waals surface area (Å²) in [6.07, 6.45) is 9.57. The van der Waals surface area contributed by atoms with Crippen LogP contribution < -0.4 is 5.32 Å². The van der Waals surface area contributed by atoms with Crippen molar-refractivity contribution >= 4 is 23.4 Å². The summed E-state index contributed by atoms with van der Waals surface area (Å²) in [6.45, 7) is 0.763. The van der Waals surface area contributed by atoms with E-state index in [2.05, 4.69) is 16.4 Å². The molecule has 0 aromatic carbocycles. The van der Waals surface area contributed by atoms with Gasteiger partial charge in [0.2, 0.25) is 0 Å². The van der Waals surface area contributed by atoms with Gasteiger partial charge in [0.15, 0.2) is 0 Å². The van der Waals surface area contributed by atoms with Crippen LogP contribution in [-0.2, 0) is 0 Å². The summed E-state index contributed by atoms with van der Waals surface area (Å²) in [5.41, 5.74) is 1.56. The lowest BCUT2D eigenvalue weighted by atomic mass is 9.97. The third-order valence-corrected chi connectivity index (χ3v) is 3.52. The quantitative estimate of drug-likeness (QED) is 0.807. The van der Waals surface area contributed by atoms with Crippen molar-refractivity contribution in [2.75, 3.05) is 11.9 Å². The highest BCUT2D eigenvalue weighted by atomic mass is 35.5. The molecule has 1 aromatic heterocycles. The zero-order valence-corrected chi connectivity index (χ0v) is 11.4. The van der Waals surface area contributed by atoms with E-state index < -0.39 is 5.97 Å². The molecule has 1 heterocycles. The van der Waals surface area contributed by atoms with Crippen LogP contribution in [0.1, 0.15) is 42.5 Å². The van der Waals surface area contributed by atoms with Crippen molar-refractivity contribution < 1.29 is 9.90 Å². The highest BCUT2D eigenvalue weighted by Crippen LogP contribution is 2.21. The number of hydrogen-bond donors (Lipinski definition) is 2. The maximum atomic E-state index is 10.9. The molecule has 1 aliphatic rings. The predicted octanol–water partition coefficient (Wildman–Crippen LogP) is 3.74. The van der Waals surface area contributed by atoms with Crippen molar-refractivity contribution in [3.63, 3.8) is 0 Å². The zero-order valence-electron chi connectivity index (χ0n) is 10.7. The summed E-state index contributed by atoms with van der Waals surface area (Å²) in [5, 5.41) is 12.3. The van der Waals surface area contributed by atoms with E-state index in [-0.39, 0.29) is 10.6 Å². The average molecular weight is 281 g/mol. The summed E-state index contributed by atoms with van der Waals surface area (Å²) < 4.78 is 0. The molecule has 2 N–H and O–H groups in total. The van der Waals surface area contributed by atoms with Gasteiger partial charge >= 0.3 is 5.97 Å². The first-order valence-electron chi connectivity index (χ1n) is 6.47. The van der Waals surface area contributed by atoms with E-state index >= 15 is 0 Å². The van der Waals surface area contributed by atoms with Crippen molar-refractivity contribution in [3.8, 4) is 0 Å². The van der Waals surface area contributed by atoms with Gasteiger partial charge in [0, 0.05) is 12.7 Å². The van der Waals surface area contributed by atoms with E-state index in [1.54, 1.807) is 0 Å². The number of carboxylic acid groups (broad SMARTS) is 1. The molecular weight excluding hydrogens is 264 g/mol. The van der Waals surface area contributed by atoms with Crippen LogP contribution in [0.4, 0.5) is 5.82 Å². The van der Waals surface area contributed by atoms with Crippen LogP contribution in [0.3, 0.4) is 0 Å². The van der Waals surface area contributed by atoms with E-state index in [1.807, 2.05) is 0 Å². The molecule has 0 bridgehead atoms. The van der Waals surface area contributed by atoms with E-state index in [9.17, 15) is 4.79 Å². The van der Waals surface area contributed by atoms with Crippen molar-refractivity contribution in [3.05, 3.63) is 34.5 Å². The second-order valence-electron chi connectivity index (χ2n) is 4.64. The first-order chi connectivity index (χ1) is 9.16. The number of rotatable bonds is 5. The maximum absolute atomic E-state index is 10.9. The SMILES string of the molecule is O=C(O)c1cc(NCCC2=CCCCC2)ncc1Cl. The second kappa shape index (κ2) is 6.57. The highest BCUT2D eigenvalue weighted by Gasteiger charge is 2.10. The second-order valence-corrected chi connectivity index (χ2v) is 5.05. The van der Waals surface area contributed by atoms with Gasteiger partial charge in [-0.15, -0.1) is 0 Å². The number of nitrogens with one attached hydrogen (secondary N) is 1. The van der Waals surface area contributed by atoms with Crippen LogP contribution in [0.5, 0.6) is 0 Å². The fourth-order valence-corrected chi connectivity index (χ4v) is 2.37. The van der Waals surface area contributed by atoms with Gasteiger partial charge in [-0.2, -0.15) is 0 Å². The van der Waals surface area contributed by atoms with Crippen LogP contribution in [0.15, 0.2) is 23.9 Å². The summed E-state index contributed by atoms with van der Waals surface area (Å²) in [5.74, 6) is -0.483. The van der Waals surface area contributed by atoms with Crippen molar-refractivity contribution in [2.45, 2.75) is 32.1 Å².